The number of carbonyl (C=O) groups excluding carboxylic acids is 1. The van der Waals surface area contributed by atoms with Gasteiger partial charge in [0, 0.05) is 25.7 Å². The number of morpholine rings is 1. The van der Waals surface area contributed by atoms with Gasteiger partial charge in [-0.1, -0.05) is 6.07 Å². The van der Waals surface area contributed by atoms with Crippen LogP contribution < -0.4 is 10.6 Å². The molecular formula is C23H35Cl2N5O2. The number of halogens is 2. The van der Waals surface area contributed by atoms with Crippen molar-refractivity contribution in [3.63, 3.8) is 0 Å². The van der Waals surface area contributed by atoms with Gasteiger partial charge in [-0.2, -0.15) is 0 Å². The smallest absolute Gasteiger partial charge is 0.228 e. The van der Waals surface area contributed by atoms with Gasteiger partial charge in [-0.3, -0.25) is 9.69 Å². The van der Waals surface area contributed by atoms with E-state index in [2.05, 4.69) is 44.6 Å². The molecule has 7 nitrogen and oxygen atoms in total. The van der Waals surface area contributed by atoms with Crippen molar-refractivity contribution in [3.05, 3.63) is 29.6 Å². The van der Waals surface area contributed by atoms with Crippen LogP contribution in [0.3, 0.4) is 0 Å². The topological polar surface area (TPSA) is 82.3 Å². The number of H-pyrrole nitrogens is 1. The van der Waals surface area contributed by atoms with Gasteiger partial charge in [0.2, 0.25) is 5.91 Å². The molecule has 3 fully saturated rings. The van der Waals surface area contributed by atoms with Crippen molar-refractivity contribution < 1.29 is 9.53 Å². The van der Waals surface area contributed by atoms with E-state index in [9.17, 15) is 4.79 Å². The number of carbonyl (C=O) groups is 1. The van der Waals surface area contributed by atoms with Gasteiger partial charge < -0.3 is 20.4 Å². The summed E-state index contributed by atoms with van der Waals surface area (Å²) in [5.74, 6) is 1.46. The maximum absolute atomic E-state index is 13.5. The van der Waals surface area contributed by atoms with Crippen LogP contribution in [-0.2, 0) is 16.1 Å². The number of rotatable bonds is 4. The Morgan fingerprint density at radius 2 is 2.09 bits per heavy atom. The summed E-state index contributed by atoms with van der Waals surface area (Å²) >= 11 is 0. The fraction of sp³-hybridized carbons (Fsp3) is 0.652. The van der Waals surface area contributed by atoms with E-state index in [4.69, 9.17) is 4.74 Å². The fourth-order valence-electron chi connectivity index (χ4n) is 5.77. The average Bonchev–Trinajstić information content (AvgIpc) is 3.19. The molecule has 178 valence electrons. The van der Waals surface area contributed by atoms with E-state index in [1.165, 1.54) is 5.56 Å². The lowest BCUT2D eigenvalue weighted by atomic mass is 9.61. The Morgan fingerprint density at radius 3 is 2.91 bits per heavy atom. The molecule has 3 N–H and O–H groups in total. The fourth-order valence-corrected chi connectivity index (χ4v) is 5.77. The van der Waals surface area contributed by atoms with E-state index in [-0.39, 0.29) is 36.1 Å². The van der Waals surface area contributed by atoms with Crippen LogP contribution in [0.2, 0.25) is 0 Å². The molecule has 2 aliphatic heterocycles. The number of aromatic amines is 1. The van der Waals surface area contributed by atoms with Crippen LogP contribution in [0.25, 0.3) is 11.0 Å². The lowest BCUT2D eigenvalue weighted by Gasteiger charge is -2.50. The number of amides is 1. The average molecular weight is 484 g/mol. The number of nitrogens with zero attached hydrogens (tertiary/aromatic N) is 2. The lowest BCUT2D eigenvalue weighted by molar-refractivity contribution is -0.140. The van der Waals surface area contributed by atoms with Crippen molar-refractivity contribution in [1.82, 2.24) is 25.5 Å². The summed E-state index contributed by atoms with van der Waals surface area (Å²) in [7, 11) is 0. The van der Waals surface area contributed by atoms with Gasteiger partial charge in [-0.15, -0.1) is 24.8 Å². The minimum Gasteiger partial charge on any atom is -0.379 e. The van der Waals surface area contributed by atoms with Crippen molar-refractivity contribution in [2.45, 2.75) is 45.2 Å². The van der Waals surface area contributed by atoms with E-state index in [0.29, 0.717) is 18.5 Å². The maximum atomic E-state index is 13.5. The molecule has 1 aliphatic carbocycles. The highest BCUT2D eigenvalue weighted by atomic mass is 35.5. The Morgan fingerprint density at radius 1 is 1.28 bits per heavy atom. The number of aromatic nitrogens is 2. The second-order valence-electron chi connectivity index (χ2n) is 9.28. The third kappa shape index (κ3) is 4.92. The second-order valence-corrected chi connectivity index (χ2v) is 9.28. The summed E-state index contributed by atoms with van der Waals surface area (Å²) < 4.78 is 5.53. The summed E-state index contributed by atoms with van der Waals surface area (Å²) in [6.07, 6.45) is 4.25. The molecule has 3 heterocycles. The number of nitrogens with one attached hydrogen (secondary N) is 3. The van der Waals surface area contributed by atoms with Crippen LogP contribution in [0.5, 0.6) is 0 Å². The third-order valence-electron chi connectivity index (χ3n) is 7.49. The Kier molecular flexibility index (Phi) is 8.44. The number of piperidine rings is 1. The van der Waals surface area contributed by atoms with Crippen molar-refractivity contribution in [3.8, 4) is 0 Å². The van der Waals surface area contributed by atoms with Crippen LogP contribution in [0.1, 0.15) is 37.1 Å². The van der Waals surface area contributed by atoms with E-state index >= 15 is 0 Å². The first-order valence-electron chi connectivity index (χ1n) is 11.4. The molecule has 0 radical (unpaired) electrons. The molecule has 1 amide bonds. The third-order valence-corrected chi connectivity index (χ3v) is 7.49. The zero-order valence-electron chi connectivity index (χ0n) is 18.7. The first-order valence-corrected chi connectivity index (χ1v) is 11.4. The van der Waals surface area contributed by atoms with Crippen LogP contribution in [-0.4, -0.2) is 66.2 Å². The van der Waals surface area contributed by atoms with Crippen LogP contribution in [0.4, 0.5) is 0 Å². The van der Waals surface area contributed by atoms with Crippen LogP contribution >= 0.6 is 24.8 Å². The molecule has 3 aliphatic rings. The van der Waals surface area contributed by atoms with E-state index in [1.54, 1.807) is 0 Å². The molecule has 3 atom stereocenters. The molecule has 1 aromatic heterocycles. The van der Waals surface area contributed by atoms with Gasteiger partial charge in [0.05, 0.1) is 36.2 Å². The molecular weight excluding hydrogens is 449 g/mol. The molecule has 2 saturated heterocycles. The minimum atomic E-state index is -0.288. The van der Waals surface area contributed by atoms with Gasteiger partial charge in [-0.25, -0.2) is 4.98 Å². The summed E-state index contributed by atoms with van der Waals surface area (Å²) in [5, 5.41) is 6.73. The molecule has 2 aromatic rings. The van der Waals surface area contributed by atoms with Gasteiger partial charge in [0.15, 0.2) is 0 Å². The molecule has 5 rings (SSSR count). The van der Waals surface area contributed by atoms with Crippen LogP contribution in [0, 0.1) is 18.3 Å². The number of fused-ring (bicyclic) bond motifs is 2. The Balaban J connectivity index is 0.00000144. The largest absolute Gasteiger partial charge is 0.379 e. The second kappa shape index (κ2) is 10.7. The summed E-state index contributed by atoms with van der Waals surface area (Å²) in [5.41, 5.74) is 2.89. The maximum Gasteiger partial charge on any atom is 0.228 e. The normalized spacial score (nSPS) is 28.3. The standard InChI is InChI=1S/C23H33N5O2.2ClH/c1-16-2-3-19-20(12-16)27-21(26-19)14-25-22(29)23-6-4-18(28-8-10-30-11-9-28)13-17(23)5-7-24-15-23;;/h2-3,12,17-18,24H,4-11,13-15H2,1H3,(H,25,29)(H,26,27);2*1H/t17-,18-,23-;;/m1../s1. The Hall–Kier alpha value is -1.38. The Bertz CT molecular complexity index is 917. The first-order chi connectivity index (χ1) is 14.6. The number of ether oxygens (including phenoxy) is 1. The molecule has 0 spiro atoms. The molecule has 1 saturated carbocycles. The van der Waals surface area contributed by atoms with Gasteiger partial charge in [0.1, 0.15) is 5.82 Å². The SMILES string of the molecule is Cc1ccc2nc(CNC(=O)[C@@]34CC[C@@H](N5CCOCC5)C[C@H]3CCNC4)[nH]c2c1.Cl.Cl. The zero-order valence-corrected chi connectivity index (χ0v) is 20.3. The predicted molar refractivity (Wildman–Crippen MR) is 131 cm³/mol. The van der Waals surface area contributed by atoms with Gasteiger partial charge >= 0.3 is 0 Å². The summed E-state index contributed by atoms with van der Waals surface area (Å²) in [4.78, 5) is 24.0. The molecule has 9 heteroatoms. The van der Waals surface area contributed by atoms with Gasteiger partial charge in [0.25, 0.3) is 0 Å². The molecule has 0 unspecified atom stereocenters. The lowest BCUT2D eigenvalue weighted by Crippen LogP contribution is -2.60. The quantitative estimate of drug-likeness (QED) is 0.622. The Labute approximate surface area is 202 Å². The molecule has 32 heavy (non-hydrogen) atoms. The molecule has 1 aromatic carbocycles. The number of imidazole rings is 1. The summed E-state index contributed by atoms with van der Waals surface area (Å²) in [6, 6.07) is 6.78. The predicted octanol–water partition coefficient (Wildman–Crippen LogP) is 2.81. The summed E-state index contributed by atoms with van der Waals surface area (Å²) in [6.45, 7) is 8.06. The number of hydrogen-bond acceptors (Lipinski definition) is 5. The first kappa shape index (κ1) is 25.2. The van der Waals surface area contributed by atoms with E-state index in [1.807, 2.05) is 6.07 Å². The van der Waals surface area contributed by atoms with Crippen molar-refractivity contribution >= 4 is 41.8 Å². The monoisotopic (exact) mass is 483 g/mol. The van der Waals surface area contributed by atoms with Crippen LogP contribution in [0.15, 0.2) is 18.2 Å². The van der Waals surface area contributed by atoms with Gasteiger partial charge in [-0.05, 0) is 62.8 Å². The minimum absolute atomic E-state index is 0. The highest BCUT2D eigenvalue weighted by Gasteiger charge is 2.50. The van der Waals surface area contributed by atoms with Crippen molar-refractivity contribution in [2.24, 2.45) is 11.3 Å². The van der Waals surface area contributed by atoms with Crippen molar-refractivity contribution in [2.75, 3.05) is 39.4 Å². The van der Waals surface area contributed by atoms with Crippen molar-refractivity contribution in [1.29, 1.82) is 0 Å². The zero-order chi connectivity index (χ0) is 20.6. The molecule has 0 bridgehead atoms. The highest BCUT2D eigenvalue weighted by Crippen LogP contribution is 2.46. The number of hydrogen-bond donors (Lipinski definition) is 3. The number of aryl methyl sites for hydroxylation is 1. The number of benzene rings is 1. The highest BCUT2D eigenvalue weighted by molar-refractivity contribution is 5.85. The van der Waals surface area contributed by atoms with E-state index in [0.717, 1.165) is 81.9 Å². The van der Waals surface area contributed by atoms with E-state index < -0.39 is 0 Å².